The number of aliphatic hydroxyl groups is 1. The number of aliphatic hydroxyl groups excluding tert-OH is 1. The molecule has 122 valence electrons. The lowest BCUT2D eigenvalue weighted by atomic mass is 10.2. The van der Waals surface area contributed by atoms with Crippen molar-refractivity contribution in [2.24, 2.45) is 0 Å². The number of likely N-dealkylation sites (tertiary alicyclic amines) is 2. The molecule has 2 fully saturated rings. The summed E-state index contributed by atoms with van der Waals surface area (Å²) in [6.07, 6.45) is -0.834. The lowest BCUT2D eigenvalue weighted by molar-refractivity contribution is -0.123. The highest BCUT2D eigenvalue weighted by molar-refractivity contribution is 5.74. The number of carbonyl (C=O) groups excluding carboxylic acids is 1. The fourth-order valence-corrected chi connectivity index (χ4v) is 3.18. The van der Waals surface area contributed by atoms with Gasteiger partial charge in [-0.1, -0.05) is 0 Å². The Labute approximate surface area is 122 Å². The molecule has 0 bridgehead atoms. The molecule has 0 aromatic rings. The van der Waals surface area contributed by atoms with Crippen molar-refractivity contribution in [2.45, 2.75) is 43.9 Å². The normalized spacial score (nSPS) is 27.3. The van der Waals surface area contributed by atoms with Gasteiger partial charge in [-0.2, -0.15) is 13.2 Å². The van der Waals surface area contributed by atoms with Crippen molar-refractivity contribution in [3.63, 3.8) is 0 Å². The van der Waals surface area contributed by atoms with Gasteiger partial charge in [-0.15, -0.1) is 0 Å². The highest BCUT2D eigenvalue weighted by atomic mass is 19.4. The van der Waals surface area contributed by atoms with Crippen molar-refractivity contribution in [3.05, 3.63) is 0 Å². The molecule has 21 heavy (non-hydrogen) atoms. The molecular weight excluding hydrogens is 287 g/mol. The maximum Gasteiger partial charge on any atom is 0.405 e. The summed E-state index contributed by atoms with van der Waals surface area (Å²) >= 11 is 0. The smallest absolute Gasteiger partial charge is 0.395 e. The molecule has 2 rings (SSSR count). The van der Waals surface area contributed by atoms with Crippen molar-refractivity contribution >= 4 is 6.03 Å². The van der Waals surface area contributed by atoms with E-state index in [1.165, 1.54) is 4.90 Å². The second-order valence-corrected chi connectivity index (χ2v) is 5.74. The van der Waals surface area contributed by atoms with Crippen LogP contribution in [0.1, 0.15) is 25.7 Å². The Kier molecular flexibility index (Phi) is 5.32. The topological polar surface area (TPSA) is 55.8 Å². The Hall–Kier alpha value is -1.02. The molecule has 2 amide bonds. The van der Waals surface area contributed by atoms with Crippen LogP contribution in [-0.4, -0.2) is 72.0 Å². The molecule has 0 aliphatic carbocycles. The third-order valence-corrected chi connectivity index (χ3v) is 4.23. The summed E-state index contributed by atoms with van der Waals surface area (Å²) in [5.41, 5.74) is 0. The Bertz CT molecular complexity index is 365. The highest BCUT2D eigenvalue weighted by Crippen LogP contribution is 2.23. The standard InChI is InChI=1S/C13H22F3N3O2/c14-13(15,16)9-17-12(21)19-6-2-3-10(19)7-18-5-1-4-11(18)8-20/h10-11,20H,1-9H2,(H,17,21). The Morgan fingerprint density at radius 1 is 1.19 bits per heavy atom. The van der Waals surface area contributed by atoms with Crippen LogP contribution in [0.5, 0.6) is 0 Å². The molecule has 8 heteroatoms. The molecule has 0 radical (unpaired) electrons. The number of nitrogens with one attached hydrogen (secondary N) is 1. The lowest BCUT2D eigenvalue weighted by Gasteiger charge is -2.31. The summed E-state index contributed by atoms with van der Waals surface area (Å²) in [4.78, 5) is 15.5. The van der Waals surface area contributed by atoms with Gasteiger partial charge in [-0.25, -0.2) is 4.79 Å². The molecule has 2 atom stereocenters. The summed E-state index contributed by atoms with van der Waals surface area (Å²) in [6.45, 7) is 0.793. The molecule has 2 saturated heterocycles. The van der Waals surface area contributed by atoms with Gasteiger partial charge in [0.1, 0.15) is 6.54 Å². The SMILES string of the molecule is O=C(NCC(F)(F)F)N1CCCC1CN1CCCC1CO. The van der Waals surface area contributed by atoms with Gasteiger partial charge in [0.15, 0.2) is 0 Å². The van der Waals surface area contributed by atoms with Gasteiger partial charge in [0.2, 0.25) is 0 Å². The van der Waals surface area contributed by atoms with Gasteiger partial charge in [0, 0.05) is 25.2 Å². The fourth-order valence-electron chi connectivity index (χ4n) is 3.18. The molecule has 2 heterocycles. The summed E-state index contributed by atoms with van der Waals surface area (Å²) in [6, 6.07) is -0.592. The predicted molar refractivity (Wildman–Crippen MR) is 70.9 cm³/mol. The zero-order chi connectivity index (χ0) is 15.5. The van der Waals surface area contributed by atoms with Gasteiger partial charge in [-0.05, 0) is 32.2 Å². The van der Waals surface area contributed by atoms with E-state index in [4.69, 9.17) is 0 Å². The summed E-state index contributed by atoms with van der Waals surface area (Å²) in [5.74, 6) is 0. The van der Waals surface area contributed by atoms with Crippen molar-refractivity contribution in [3.8, 4) is 0 Å². The number of alkyl halides is 3. The molecule has 5 nitrogen and oxygen atoms in total. The summed E-state index contributed by atoms with van der Waals surface area (Å²) in [7, 11) is 0. The zero-order valence-electron chi connectivity index (χ0n) is 11.9. The monoisotopic (exact) mass is 309 g/mol. The van der Waals surface area contributed by atoms with Crippen LogP contribution in [0.3, 0.4) is 0 Å². The first-order valence-electron chi connectivity index (χ1n) is 7.37. The number of halogens is 3. The van der Waals surface area contributed by atoms with Crippen molar-refractivity contribution < 1.29 is 23.1 Å². The molecule has 2 unspecified atom stereocenters. The quantitative estimate of drug-likeness (QED) is 0.820. The Morgan fingerprint density at radius 2 is 1.86 bits per heavy atom. The van der Waals surface area contributed by atoms with E-state index in [-0.39, 0.29) is 18.7 Å². The van der Waals surface area contributed by atoms with Gasteiger partial charge in [0.25, 0.3) is 0 Å². The van der Waals surface area contributed by atoms with Crippen LogP contribution >= 0.6 is 0 Å². The minimum Gasteiger partial charge on any atom is -0.395 e. The van der Waals surface area contributed by atoms with E-state index in [0.717, 1.165) is 32.2 Å². The van der Waals surface area contributed by atoms with Crippen LogP contribution in [0, 0.1) is 0 Å². The molecule has 0 aromatic carbocycles. The second kappa shape index (κ2) is 6.83. The highest BCUT2D eigenvalue weighted by Gasteiger charge is 2.35. The summed E-state index contributed by atoms with van der Waals surface area (Å²) in [5, 5.41) is 11.2. The third-order valence-electron chi connectivity index (χ3n) is 4.23. The predicted octanol–water partition coefficient (Wildman–Crippen LogP) is 1.18. The lowest BCUT2D eigenvalue weighted by Crippen LogP contribution is -2.50. The fraction of sp³-hybridized carbons (Fsp3) is 0.923. The second-order valence-electron chi connectivity index (χ2n) is 5.74. The Morgan fingerprint density at radius 3 is 2.52 bits per heavy atom. The summed E-state index contributed by atoms with van der Waals surface area (Å²) < 4.78 is 36.5. The number of urea groups is 1. The van der Waals surface area contributed by atoms with E-state index < -0.39 is 18.8 Å². The van der Waals surface area contributed by atoms with E-state index in [2.05, 4.69) is 4.90 Å². The van der Waals surface area contributed by atoms with Crippen LogP contribution in [0.15, 0.2) is 0 Å². The molecule has 2 aliphatic rings. The minimum absolute atomic E-state index is 0.0645. The average Bonchev–Trinajstić information content (AvgIpc) is 3.04. The first kappa shape index (κ1) is 16.4. The number of rotatable bonds is 4. The average molecular weight is 309 g/mol. The van der Waals surface area contributed by atoms with E-state index in [1.807, 2.05) is 5.32 Å². The van der Waals surface area contributed by atoms with E-state index in [1.54, 1.807) is 0 Å². The van der Waals surface area contributed by atoms with Gasteiger partial charge < -0.3 is 15.3 Å². The first-order valence-corrected chi connectivity index (χ1v) is 7.37. The maximum atomic E-state index is 12.2. The van der Waals surface area contributed by atoms with Crippen LogP contribution in [-0.2, 0) is 0 Å². The molecule has 2 aliphatic heterocycles. The van der Waals surface area contributed by atoms with E-state index >= 15 is 0 Å². The van der Waals surface area contributed by atoms with Crippen molar-refractivity contribution in [1.82, 2.24) is 15.1 Å². The van der Waals surface area contributed by atoms with Crippen LogP contribution < -0.4 is 5.32 Å². The number of hydrogen-bond donors (Lipinski definition) is 2. The molecule has 0 aromatic heterocycles. The third kappa shape index (κ3) is 4.47. The van der Waals surface area contributed by atoms with E-state index in [0.29, 0.717) is 13.1 Å². The van der Waals surface area contributed by atoms with Crippen molar-refractivity contribution in [1.29, 1.82) is 0 Å². The van der Waals surface area contributed by atoms with Gasteiger partial charge >= 0.3 is 12.2 Å². The number of carbonyl (C=O) groups is 1. The number of nitrogens with zero attached hydrogens (tertiary/aromatic N) is 2. The van der Waals surface area contributed by atoms with Gasteiger partial charge in [-0.3, -0.25) is 4.90 Å². The van der Waals surface area contributed by atoms with E-state index in [9.17, 15) is 23.1 Å². The Balaban J connectivity index is 1.86. The largest absolute Gasteiger partial charge is 0.405 e. The molecule has 0 saturated carbocycles. The number of hydrogen-bond acceptors (Lipinski definition) is 3. The molecule has 2 N–H and O–H groups in total. The number of amides is 2. The first-order chi connectivity index (χ1) is 9.90. The minimum atomic E-state index is -4.39. The van der Waals surface area contributed by atoms with Gasteiger partial charge in [0.05, 0.1) is 6.61 Å². The molecular formula is C13H22F3N3O2. The van der Waals surface area contributed by atoms with Crippen LogP contribution in [0.2, 0.25) is 0 Å². The van der Waals surface area contributed by atoms with Crippen LogP contribution in [0.25, 0.3) is 0 Å². The maximum absolute atomic E-state index is 12.2. The molecule has 0 spiro atoms. The van der Waals surface area contributed by atoms with Crippen molar-refractivity contribution in [2.75, 3.05) is 32.8 Å². The zero-order valence-corrected chi connectivity index (χ0v) is 11.9. The van der Waals surface area contributed by atoms with Crippen LogP contribution in [0.4, 0.5) is 18.0 Å².